The number of rotatable bonds is 3. The van der Waals surface area contributed by atoms with Gasteiger partial charge in [-0.05, 0) is 28.6 Å². The standard InChI is InChI=1S/C16H13ClFN3/c17-15-12(5-2-6-14(15)18)16(21-19)11-4-1-3-10-7-8-20-9-13(10)11/h1-9,16,21H,19H2. The third-order valence-corrected chi connectivity index (χ3v) is 3.89. The Balaban J connectivity index is 2.21. The smallest absolute Gasteiger partial charge is 0.142 e. The van der Waals surface area contributed by atoms with Crippen molar-refractivity contribution in [1.82, 2.24) is 10.4 Å². The van der Waals surface area contributed by atoms with E-state index < -0.39 is 11.9 Å². The number of benzene rings is 2. The predicted octanol–water partition coefficient (Wildman–Crippen LogP) is 3.58. The number of nitrogens with one attached hydrogen (secondary N) is 1. The first-order chi connectivity index (χ1) is 10.2. The molecule has 1 unspecified atom stereocenters. The van der Waals surface area contributed by atoms with Gasteiger partial charge >= 0.3 is 0 Å². The van der Waals surface area contributed by atoms with Gasteiger partial charge in [-0.2, -0.15) is 0 Å². The van der Waals surface area contributed by atoms with E-state index in [0.29, 0.717) is 5.56 Å². The topological polar surface area (TPSA) is 50.9 Å². The van der Waals surface area contributed by atoms with Gasteiger partial charge in [-0.15, -0.1) is 0 Å². The Morgan fingerprint density at radius 3 is 2.67 bits per heavy atom. The number of pyridine rings is 1. The lowest BCUT2D eigenvalue weighted by Gasteiger charge is -2.20. The van der Waals surface area contributed by atoms with Crippen molar-refractivity contribution in [1.29, 1.82) is 0 Å². The minimum atomic E-state index is -0.465. The van der Waals surface area contributed by atoms with Gasteiger partial charge in [0.05, 0.1) is 11.1 Å². The highest BCUT2D eigenvalue weighted by Gasteiger charge is 2.19. The van der Waals surface area contributed by atoms with E-state index in [1.54, 1.807) is 24.5 Å². The second kappa shape index (κ2) is 5.77. The number of hydrazine groups is 1. The van der Waals surface area contributed by atoms with Crippen molar-refractivity contribution in [3.8, 4) is 0 Å². The molecule has 3 N–H and O–H groups in total. The van der Waals surface area contributed by atoms with E-state index in [1.165, 1.54) is 6.07 Å². The van der Waals surface area contributed by atoms with Crippen LogP contribution in [0, 0.1) is 5.82 Å². The lowest BCUT2D eigenvalue weighted by Crippen LogP contribution is -2.29. The van der Waals surface area contributed by atoms with Crippen LogP contribution in [0.25, 0.3) is 10.8 Å². The summed E-state index contributed by atoms with van der Waals surface area (Å²) in [4.78, 5) is 4.15. The predicted molar refractivity (Wildman–Crippen MR) is 82.3 cm³/mol. The molecule has 21 heavy (non-hydrogen) atoms. The second-order valence-electron chi connectivity index (χ2n) is 4.69. The third kappa shape index (κ3) is 2.49. The number of aromatic nitrogens is 1. The minimum Gasteiger partial charge on any atom is -0.271 e. The van der Waals surface area contributed by atoms with E-state index in [2.05, 4.69) is 10.4 Å². The first kappa shape index (κ1) is 13.9. The highest BCUT2D eigenvalue weighted by molar-refractivity contribution is 6.31. The first-order valence-electron chi connectivity index (χ1n) is 6.45. The maximum atomic E-state index is 13.7. The van der Waals surface area contributed by atoms with E-state index in [0.717, 1.165) is 16.3 Å². The van der Waals surface area contributed by atoms with Crippen LogP contribution in [0.1, 0.15) is 17.2 Å². The largest absolute Gasteiger partial charge is 0.271 e. The van der Waals surface area contributed by atoms with Gasteiger partial charge in [-0.25, -0.2) is 9.82 Å². The fraction of sp³-hybridized carbons (Fsp3) is 0.0625. The lowest BCUT2D eigenvalue weighted by atomic mass is 9.95. The summed E-state index contributed by atoms with van der Waals surface area (Å²) in [6, 6.07) is 12.0. The Morgan fingerprint density at radius 1 is 1.10 bits per heavy atom. The average molecular weight is 302 g/mol. The summed E-state index contributed by atoms with van der Waals surface area (Å²) in [7, 11) is 0. The van der Waals surface area contributed by atoms with Gasteiger partial charge in [0, 0.05) is 17.8 Å². The quantitative estimate of drug-likeness (QED) is 0.574. The molecule has 5 heteroatoms. The first-order valence-corrected chi connectivity index (χ1v) is 6.83. The summed E-state index contributed by atoms with van der Waals surface area (Å²) in [5.41, 5.74) is 4.21. The Morgan fingerprint density at radius 2 is 1.86 bits per heavy atom. The van der Waals surface area contributed by atoms with Crippen LogP contribution in [0.5, 0.6) is 0 Å². The summed E-state index contributed by atoms with van der Waals surface area (Å²) in [6.45, 7) is 0. The number of nitrogens with zero attached hydrogens (tertiary/aromatic N) is 1. The molecule has 3 nitrogen and oxygen atoms in total. The van der Waals surface area contributed by atoms with Crippen LogP contribution < -0.4 is 11.3 Å². The van der Waals surface area contributed by atoms with Crippen molar-refractivity contribution in [2.45, 2.75) is 6.04 Å². The molecule has 0 aliphatic carbocycles. The fourth-order valence-corrected chi connectivity index (χ4v) is 2.71. The van der Waals surface area contributed by atoms with Gasteiger partial charge in [0.2, 0.25) is 0 Å². The van der Waals surface area contributed by atoms with E-state index in [-0.39, 0.29) is 5.02 Å². The molecule has 1 aromatic heterocycles. The Labute approximate surface area is 126 Å². The van der Waals surface area contributed by atoms with Crippen LogP contribution >= 0.6 is 11.6 Å². The maximum absolute atomic E-state index is 13.7. The molecule has 0 bridgehead atoms. The number of hydrogen-bond donors (Lipinski definition) is 2. The molecular weight excluding hydrogens is 289 g/mol. The molecule has 0 saturated heterocycles. The summed E-state index contributed by atoms with van der Waals surface area (Å²) in [6.07, 6.45) is 3.49. The van der Waals surface area contributed by atoms with Gasteiger partial charge in [0.15, 0.2) is 0 Å². The van der Waals surface area contributed by atoms with Crippen LogP contribution in [0.4, 0.5) is 4.39 Å². The minimum absolute atomic E-state index is 0.0707. The van der Waals surface area contributed by atoms with Gasteiger partial charge in [0.1, 0.15) is 5.82 Å². The van der Waals surface area contributed by atoms with Crippen molar-refractivity contribution < 1.29 is 4.39 Å². The molecule has 0 radical (unpaired) electrons. The van der Waals surface area contributed by atoms with Crippen LogP contribution in [0.2, 0.25) is 5.02 Å². The summed E-state index contributed by atoms with van der Waals surface area (Å²) in [5.74, 6) is 5.23. The zero-order chi connectivity index (χ0) is 14.8. The van der Waals surface area contributed by atoms with Crippen LogP contribution in [0.15, 0.2) is 54.9 Å². The number of halogens is 2. The molecule has 0 spiro atoms. The van der Waals surface area contributed by atoms with Gasteiger partial charge < -0.3 is 0 Å². The van der Waals surface area contributed by atoms with Gasteiger partial charge in [-0.3, -0.25) is 10.8 Å². The molecule has 3 rings (SSSR count). The van der Waals surface area contributed by atoms with Crippen LogP contribution in [-0.4, -0.2) is 4.98 Å². The van der Waals surface area contributed by atoms with E-state index in [9.17, 15) is 4.39 Å². The lowest BCUT2D eigenvalue weighted by molar-refractivity contribution is 0.607. The summed E-state index contributed by atoms with van der Waals surface area (Å²) >= 11 is 6.08. The molecular formula is C16H13ClFN3. The molecule has 0 fully saturated rings. The van der Waals surface area contributed by atoms with Crippen molar-refractivity contribution >= 4 is 22.4 Å². The molecule has 1 heterocycles. The Kier molecular flexibility index (Phi) is 3.84. The number of hydrogen-bond acceptors (Lipinski definition) is 3. The molecule has 0 amide bonds. The van der Waals surface area contributed by atoms with E-state index >= 15 is 0 Å². The average Bonchev–Trinajstić information content (AvgIpc) is 2.52. The third-order valence-electron chi connectivity index (χ3n) is 3.49. The van der Waals surface area contributed by atoms with E-state index in [4.69, 9.17) is 17.4 Å². The van der Waals surface area contributed by atoms with E-state index in [1.807, 2.05) is 24.3 Å². The second-order valence-corrected chi connectivity index (χ2v) is 5.06. The number of nitrogens with two attached hydrogens (primary N) is 1. The molecule has 0 saturated carbocycles. The molecule has 106 valence electrons. The zero-order valence-corrected chi connectivity index (χ0v) is 11.8. The maximum Gasteiger partial charge on any atom is 0.142 e. The van der Waals surface area contributed by atoms with Crippen molar-refractivity contribution in [2.75, 3.05) is 0 Å². The Hall–Kier alpha value is -2.01. The van der Waals surface area contributed by atoms with Crippen molar-refractivity contribution in [2.24, 2.45) is 5.84 Å². The summed E-state index contributed by atoms with van der Waals surface area (Å²) < 4.78 is 13.7. The number of fused-ring (bicyclic) bond motifs is 1. The van der Waals surface area contributed by atoms with Crippen molar-refractivity contribution in [3.05, 3.63) is 76.8 Å². The molecule has 0 aliphatic rings. The van der Waals surface area contributed by atoms with Gasteiger partial charge in [-0.1, -0.05) is 41.9 Å². The molecule has 2 aromatic carbocycles. The highest BCUT2D eigenvalue weighted by atomic mass is 35.5. The SMILES string of the molecule is NNC(c1cccc(F)c1Cl)c1cccc2ccncc12. The molecule has 3 aromatic rings. The fourth-order valence-electron chi connectivity index (χ4n) is 2.48. The molecule has 0 aliphatic heterocycles. The summed E-state index contributed by atoms with van der Waals surface area (Å²) in [5, 5.41) is 2.06. The zero-order valence-electron chi connectivity index (χ0n) is 11.1. The molecule has 1 atom stereocenters. The van der Waals surface area contributed by atoms with Crippen LogP contribution in [0.3, 0.4) is 0 Å². The highest BCUT2D eigenvalue weighted by Crippen LogP contribution is 2.32. The van der Waals surface area contributed by atoms with Crippen molar-refractivity contribution in [3.63, 3.8) is 0 Å². The van der Waals surface area contributed by atoms with Gasteiger partial charge in [0.25, 0.3) is 0 Å². The Bertz CT molecular complexity index is 786. The monoisotopic (exact) mass is 301 g/mol. The normalized spacial score (nSPS) is 12.5. The van der Waals surface area contributed by atoms with Crippen LogP contribution in [-0.2, 0) is 0 Å².